The number of unbranched alkanes of at least 4 members (excludes halogenated alkanes) is 13. The second-order valence-electron chi connectivity index (χ2n) is 13.7. The van der Waals surface area contributed by atoms with E-state index in [0.717, 1.165) is 35.1 Å². The van der Waals surface area contributed by atoms with Crippen molar-refractivity contribution in [3.63, 3.8) is 0 Å². The van der Waals surface area contributed by atoms with Gasteiger partial charge in [-0.15, -0.1) is 0 Å². The van der Waals surface area contributed by atoms with Crippen LogP contribution in [0.25, 0.3) is 0 Å². The summed E-state index contributed by atoms with van der Waals surface area (Å²) in [5.74, 6) is 0. The first-order valence-electron chi connectivity index (χ1n) is 19.3. The molecule has 0 bridgehead atoms. The molecule has 0 aliphatic rings. The molecule has 0 spiro atoms. The van der Waals surface area contributed by atoms with Gasteiger partial charge in [0.15, 0.2) is 0 Å². The van der Waals surface area contributed by atoms with E-state index in [0.29, 0.717) is 6.61 Å². The van der Waals surface area contributed by atoms with E-state index in [2.05, 4.69) is 6.92 Å². The Balaban J connectivity index is 1.37. The fourth-order valence-corrected chi connectivity index (χ4v) is 7.69. The molecule has 0 saturated heterocycles. The third-order valence-corrected chi connectivity index (χ3v) is 10.9. The van der Waals surface area contributed by atoms with Crippen LogP contribution in [-0.4, -0.2) is 34.3 Å². The van der Waals surface area contributed by atoms with Gasteiger partial charge in [-0.3, -0.25) is 4.18 Å². The van der Waals surface area contributed by atoms with E-state index >= 15 is 0 Å². The largest absolute Gasteiger partial charge is 0.379 e. The standard InChI is InChI=1S/C45H60O5S/c1-3-4-5-6-7-8-9-10-11-12-13-14-15-25-36-48-37-43(50-51(46,47)44-34-32-39(2)33-35-44)38-49-45(40-26-19-16-20-27-40,41-28-21-17-22-29-41)42-30-23-18-24-31-42/h16-24,26-35,43H,3-15,25,36-38H2,1-2H3/t43-/m1/s1. The summed E-state index contributed by atoms with van der Waals surface area (Å²) in [5.41, 5.74) is 2.78. The normalized spacial score (nSPS) is 12.6. The van der Waals surface area contributed by atoms with Crippen LogP contribution in [-0.2, 0) is 29.4 Å². The molecule has 0 aliphatic carbocycles. The molecular formula is C45H60O5S. The zero-order valence-corrected chi connectivity index (χ0v) is 31.8. The van der Waals surface area contributed by atoms with E-state index in [1.54, 1.807) is 24.3 Å². The molecule has 0 aliphatic heterocycles. The van der Waals surface area contributed by atoms with Gasteiger partial charge in [0.1, 0.15) is 11.7 Å². The number of rotatable bonds is 26. The van der Waals surface area contributed by atoms with Gasteiger partial charge in [0.05, 0.1) is 18.1 Å². The minimum atomic E-state index is -4.07. The second kappa shape index (κ2) is 22.6. The fraction of sp³-hybridized carbons (Fsp3) is 0.467. The lowest BCUT2D eigenvalue weighted by Crippen LogP contribution is -2.38. The van der Waals surface area contributed by atoms with Crippen molar-refractivity contribution in [2.75, 3.05) is 19.8 Å². The Hall–Kier alpha value is -3.29. The Morgan fingerprint density at radius 1 is 0.529 bits per heavy atom. The minimum absolute atomic E-state index is 0.0114. The van der Waals surface area contributed by atoms with Gasteiger partial charge in [-0.1, -0.05) is 199 Å². The lowest BCUT2D eigenvalue weighted by atomic mass is 9.80. The average molecular weight is 713 g/mol. The monoisotopic (exact) mass is 712 g/mol. The Bertz CT molecular complexity index is 1480. The van der Waals surface area contributed by atoms with Crippen molar-refractivity contribution >= 4 is 10.1 Å². The summed E-state index contributed by atoms with van der Waals surface area (Å²) in [6.07, 6.45) is 17.2. The van der Waals surface area contributed by atoms with Gasteiger partial charge in [-0.2, -0.15) is 8.42 Å². The predicted molar refractivity (Wildman–Crippen MR) is 210 cm³/mol. The molecule has 276 valence electrons. The maximum atomic E-state index is 13.5. The van der Waals surface area contributed by atoms with Crippen LogP contribution >= 0.6 is 0 Å². The van der Waals surface area contributed by atoms with Crippen LogP contribution in [0, 0.1) is 6.92 Å². The Morgan fingerprint density at radius 3 is 1.37 bits per heavy atom. The van der Waals surface area contributed by atoms with Gasteiger partial charge in [-0.05, 0) is 42.2 Å². The van der Waals surface area contributed by atoms with Crippen molar-refractivity contribution in [1.29, 1.82) is 0 Å². The van der Waals surface area contributed by atoms with Crippen LogP contribution in [0.15, 0.2) is 120 Å². The highest BCUT2D eigenvalue weighted by molar-refractivity contribution is 7.86. The average Bonchev–Trinajstić information content (AvgIpc) is 3.16. The first-order chi connectivity index (χ1) is 25.0. The van der Waals surface area contributed by atoms with Crippen LogP contribution in [0.5, 0.6) is 0 Å². The van der Waals surface area contributed by atoms with Gasteiger partial charge in [-0.25, -0.2) is 0 Å². The van der Waals surface area contributed by atoms with Crippen LogP contribution < -0.4 is 0 Å². The van der Waals surface area contributed by atoms with Gasteiger partial charge < -0.3 is 9.47 Å². The number of hydrogen-bond acceptors (Lipinski definition) is 5. The van der Waals surface area contributed by atoms with E-state index in [-0.39, 0.29) is 18.1 Å². The van der Waals surface area contributed by atoms with Crippen LogP contribution in [0.2, 0.25) is 0 Å². The predicted octanol–water partition coefficient (Wildman–Crippen LogP) is 11.6. The summed E-state index contributed by atoms with van der Waals surface area (Å²) in [7, 11) is -4.07. The van der Waals surface area contributed by atoms with Crippen LogP contribution in [0.4, 0.5) is 0 Å². The molecule has 5 nitrogen and oxygen atoms in total. The molecule has 0 N–H and O–H groups in total. The number of ether oxygens (including phenoxy) is 2. The molecule has 4 aromatic rings. The van der Waals surface area contributed by atoms with Gasteiger partial charge in [0.2, 0.25) is 0 Å². The maximum absolute atomic E-state index is 13.5. The third-order valence-electron chi connectivity index (χ3n) is 9.55. The summed E-state index contributed by atoms with van der Waals surface area (Å²) in [5, 5.41) is 0. The highest BCUT2D eigenvalue weighted by atomic mass is 32.2. The smallest absolute Gasteiger partial charge is 0.297 e. The quantitative estimate of drug-likeness (QED) is 0.0368. The molecule has 0 fully saturated rings. The van der Waals surface area contributed by atoms with Crippen molar-refractivity contribution in [3.8, 4) is 0 Å². The zero-order valence-electron chi connectivity index (χ0n) is 31.0. The van der Waals surface area contributed by atoms with Crippen molar-refractivity contribution in [2.24, 2.45) is 0 Å². The molecule has 6 heteroatoms. The summed E-state index contributed by atoms with van der Waals surface area (Å²) in [4.78, 5) is 0.116. The third kappa shape index (κ3) is 13.3. The van der Waals surface area contributed by atoms with Crippen molar-refractivity contribution in [3.05, 3.63) is 138 Å². The minimum Gasteiger partial charge on any atom is -0.379 e. The van der Waals surface area contributed by atoms with Crippen LogP contribution in [0.3, 0.4) is 0 Å². The topological polar surface area (TPSA) is 61.8 Å². The molecule has 4 rings (SSSR count). The first-order valence-corrected chi connectivity index (χ1v) is 20.7. The van der Waals surface area contributed by atoms with Crippen molar-refractivity contribution in [2.45, 2.75) is 120 Å². The summed E-state index contributed by atoms with van der Waals surface area (Å²) in [6, 6.07) is 36.9. The zero-order chi connectivity index (χ0) is 36.0. The second-order valence-corrected chi connectivity index (χ2v) is 15.3. The van der Waals surface area contributed by atoms with Crippen molar-refractivity contribution < 1.29 is 22.1 Å². The molecule has 0 heterocycles. The first kappa shape index (κ1) is 40.5. The molecular weight excluding hydrogens is 653 g/mol. The van der Waals surface area contributed by atoms with Crippen molar-refractivity contribution in [1.82, 2.24) is 0 Å². The van der Waals surface area contributed by atoms with E-state index in [1.165, 1.54) is 77.0 Å². The molecule has 0 aromatic heterocycles. The molecule has 0 radical (unpaired) electrons. The summed E-state index contributed by atoms with van der Waals surface area (Å²) >= 11 is 0. The molecule has 1 atom stereocenters. The molecule has 4 aromatic carbocycles. The Morgan fingerprint density at radius 2 is 0.941 bits per heavy atom. The number of hydrogen-bond donors (Lipinski definition) is 0. The highest BCUT2D eigenvalue weighted by Crippen LogP contribution is 2.40. The highest BCUT2D eigenvalue weighted by Gasteiger charge is 2.39. The van der Waals surface area contributed by atoms with Gasteiger partial charge in [0.25, 0.3) is 10.1 Å². The molecule has 0 saturated carbocycles. The summed E-state index contributed by atoms with van der Waals surface area (Å²) in [6.45, 7) is 4.83. The Kier molecular flexibility index (Phi) is 17.9. The summed E-state index contributed by atoms with van der Waals surface area (Å²) < 4.78 is 46.0. The lowest BCUT2D eigenvalue weighted by molar-refractivity contribution is -0.0535. The molecule has 51 heavy (non-hydrogen) atoms. The lowest BCUT2D eigenvalue weighted by Gasteiger charge is -2.37. The fourth-order valence-electron chi connectivity index (χ4n) is 6.64. The van der Waals surface area contributed by atoms with Crippen LogP contribution in [0.1, 0.15) is 119 Å². The van der Waals surface area contributed by atoms with Gasteiger partial charge >= 0.3 is 0 Å². The van der Waals surface area contributed by atoms with E-state index in [9.17, 15) is 8.42 Å². The SMILES string of the molecule is CCCCCCCCCCCCCCCCOC[C@H](COC(c1ccccc1)(c1ccccc1)c1ccccc1)OS(=O)(=O)c1ccc(C)cc1. The number of aryl methyl sites for hydroxylation is 1. The molecule has 0 unspecified atom stereocenters. The van der Waals surface area contributed by atoms with E-state index in [1.807, 2.05) is 97.9 Å². The molecule has 0 amide bonds. The Labute approximate surface area is 308 Å². The maximum Gasteiger partial charge on any atom is 0.297 e. The van der Waals surface area contributed by atoms with E-state index in [4.69, 9.17) is 13.7 Å². The van der Waals surface area contributed by atoms with E-state index < -0.39 is 21.8 Å². The number of benzene rings is 4. The van der Waals surface area contributed by atoms with Gasteiger partial charge in [0, 0.05) is 6.61 Å².